The molecule has 0 aliphatic rings. The highest BCUT2D eigenvalue weighted by molar-refractivity contribution is 5.60. The Morgan fingerprint density at radius 3 is 0.920 bits per heavy atom. The lowest BCUT2D eigenvalue weighted by Crippen LogP contribution is -2.43. The molecule has 0 radical (unpaired) electrons. The monoisotopic (exact) mass is 734 g/mol. The normalized spacial score (nSPS) is 18.0. The zero-order chi connectivity index (χ0) is 37.8. The molecule has 50 heavy (non-hydrogen) atoms. The first-order valence-electron chi connectivity index (χ1n) is 17.1. The number of aliphatic hydroxyl groups excluding tert-OH is 6. The first kappa shape index (κ1) is 48.7. The van der Waals surface area contributed by atoms with Crippen molar-refractivity contribution in [1.29, 1.82) is 0 Å². The van der Waals surface area contributed by atoms with Crippen molar-refractivity contribution in [3.05, 3.63) is 0 Å². The van der Waals surface area contributed by atoms with Crippen molar-refractivity contribution in [2.75, 3.05) is 119 Å². The molecular weight excluding hydrogens is 668 g/mol. The molecule has 17 heteroatoms. The Labute approximate surface area is 296 Å². The molecule has 0 amide bonds. The van der Waals surface area contributed by atoms with Crippen molar-refractivity contribution in [3.8, 4) is 0 Å². The van der Waals surface area contributed by atoms with Gasteiger partial charge in [0, 0.05) is 0 Å². The van der Waals surface area contributed by atoms with E-state index in [1.54, 1.807) is 41.5 Å². The van der Waals surface area contributed by atoms with Gasteiger partial charge in [0.2, 0.25) is 0 Å². The van der Waals surface area contributed by atoms with Gasteiger partial charge >= 0.3 is 6.16 Å². The van der Waals surface area contributed by atoms with Gasteiger partial charge in [-0.2, -0.15) is 0 Å². The van der Waals surface area contributed by atoms with E-state index in [2.05, 4.69) is 0 Å². The summed E-state index contributed by atoms with van der Waals surface area (Å²) in [4.78, 5) is 12.5. The van der Waals surface area contributed by atoms with Crippen molar-refractivity contribution >= 4 is 6.16 Å². The Bertz CT molecular complexity index is 708. The fourth-order valence-corrected chi connectivity index (χ4v) is 4.30. The Morgan fingerprint density at radius 2 is 0.680 bits per heavy atom. The van der Waals surface area contributed by atoms with Crippen LogP contribution < -0.4 is 0 Å². The summed E-state index contributed by atoms with van der Waals surface area (Å²) in [5.41, 5.74) is -1.71. The van der Waals surface area contributed by atoms with Crippen LogP contribution in [0.15, 0.2) is 0 Å². The molecule has 0 heterocycles. The third-order valence-corrected chi connectivity index (χ3v) is 6.47. The first-order valence-corrected chi connectivity index (χ1v) is 17.1. The lowest BCUT2D eigenvalue weighted by atomic mass is 9.92. The average Bonchev–Trinajstić information content (AvgIpc) is 3.00. The average molecular weight is 735 g/mol. The van der Waals surface area contributed by atoms with E-state index in [4.69, 9.17) is 47.4 Å². The van der Waals surface area contributed by atoms with Crippen LogP contribution in [0.4, 0.5) is 4.79 Å². The van der Waals surface area contributed by atoms with Gasteiger partial charge < -0.3 is 78.0 Å². The van der Waals surface area contributed by atoms with Gasteiger partial charge in [-0.15, -0.1) is 0 Å². The maximum absolute atomic E-state index is 12.5. The molecular formula is C33H66O17. The third kappa shape index (κ3) is 26.5. The zero-order valence-corrected chi connectivity index (χ0v) is 30.9. The van der Waals surface area contributed by atoms with Gasteiger partial charge in [0.05, 0.1) is 154 Å². The van der Waals surface area contributed by atoms with E-state index in [-0.39, 0.29) is 119 Å². The van der Waals surface area contributed by atoms with Crippen LogP contribution in [0.3, 0.4) is 0 Å². The summed E-state index contributed by atoms with van der Waals surface area (Å²) in [5, 5.41) is 56.9. The maximum atomic E-state index is 12.5. The number of rotatable bonds is 34. The second kappa shape index (κ2) is 29.2. The molecule has 0 fully saturated rings. The molecule has 0 aliphatic heterocycles. The van der Waals surface area contributed by atoms with E-state index < -0.39 is 53.6 Å². The van der Waals surface area contributed by atoms with Gasteiger partial charge in [0.25, 0.3) is 0 Å². The predicted octanol–water partition coefficient (Wildman–Crippen LogP) is -0.470. The van der Waals surface area contributed by atoms with Gasteiger partial charge in [-0.3, -0.25) is 0 Å². The molecule has 0 aliphatic carbocycles. The smallest absolute Gasteiger partial charge is 0.429 e. The summed E-state index contributed by atoms with van der Waals surface area (Å²) < 4.78 is 56.3. The Hall–Kier alpha value is -1.29. The molecule has 0 saturated carbocycles. The molecule has 0 aromatic carbocycles. The summed E-state index contributed by atoms with van der Waals surface area (Å²) >= 11 is 0. The molecule has 0 aromatic heterocycles. The molecule has 17 nitrogen and oxygen atoms in total. The van der Waals surface area contributed by atoms with E-state index in [0.29, 0.717) is 0 Å². The fourth-order valence-electron chi connectivity index (χ4n) is 4.30. The molecule has 300 valence electrons. The van der Waals surface area contributed by atoms with Crippen molar-refractivity contribution in [2.45, 2.75) is 78.2 Å². The maximum Gasteiger partial charge on any atom is 0.508 e. The number of carbonyl (C=O) groups excluding carboxylic acids is 1. The van der Waals surface area contributed by atoms with Crippen LogP contribution in [0.25, 0.3) is 0 Å². The van der Waals surface area contributed by atoms with Gasteiger partial charge in [0.1, 0.15) is 12.2 Å². The second-order valence-corrected chi connectivity index (χ2v) is 13.1. The summed E-state index contributed by atoms with van der Waals surface area (Å²) in [6, 6.07) is 0. The van der Waals surface area contributed by atoms with Crippen molar-refractivity contribution in [1.82, 2.24) is 0 Å². The predicted molar refractivity (Wildman–Crippen MR) is 179 cm³/mol. The number of aliphatic hydroxyl groups is 6. The van der Waals surface area contributed by atoms with E-state index in [9.17, 15) is 35.4 Å². The molecule has 0 bridgehead atoms. The SMILES string of the molecule is CC(O)COCC(COCCO)(COCC(C)O)COCC(C)OC(=O)OC(C)COCC(COCCO)(COCC(C)O)COCC(C)O. The molecule has 0 rings (SSSR count). The van der Waals surface area contributed by atoms with E-state index >= 15 is 0 Å². The summed E-state index contributed by atoms with van der Waals surface area (Å²) in [6.45, 7) is 10.3. The standard InChI is InChI=1S/C33H66O17/c1-25(36)11-43-19-32(17-41-9-7-34,20-44-12-26(2)37)23-47-15-29(5)49-31(40)50-30(6)16-48-24-33(18-42-10-8-35,21-45-13-27(3)38)22-46-14-28(4)39/h25-30,34-39H,7-24H2,1-6H3. The zero-order valence-electron chi connectivity index (χ0n) is 30.9. The highest BCUT2D eigenvalue weighted by Gasteiger charge is 2.35. The lowest BCUT2D eigenvalue weighted by Gasteiger charge is -2.33. The highest BCUT2D eigenvalue weighted by atomic mass is 16.7. The summed E-state index contributed by atoms with van der Waals surface area (Å²) in [7, 11) is 0. The number of hydrogen-bond acceptors (Lipinski definition) is 17. The fraction of sp³-hybridized carbons (Fsp3) is 0.970. The van der Waals surface area contributed by atoms with Gasteiger partial charge in [-0.05, 0) is 41.5 Å². The summed E-state index contributed by atoms with van der Waals surface area (Å²) in [6.07, 6.45) is -5.15. The van der Waals surface area contributed by atoms with Gasteiger partial charge in [-0.25, -0.2) is 4.79 Å². The molecule has 0 aromatic rings. The van der Waals surface area contributed by atoms with Crippen LogP contribution in [0.5, 0.6) is 0 Å². The van der Waals surface area contributed by atoms with Crippen LogP contribution in [0.2, 0.25) is 0 Å². The van der Waals surface area contributed by atoms with Crippen molar-refractivity contribution in [2.24, 2.45) is 10.8 Å². The molecule has 6 atom stereocenters. The number of carbonyl (C=O) groups is 1. The van der Waals surface area contributed by atoms with Crippen LogP contribution in [0, 0.1) is 10.8 Å². The van der Waals surface area contributed by atoms with E-state index in [1.165, 1.54) is 0 Å². The van der Waals surface area contributed by atoms with Crippen LogP contribution >= 0.6 is 0 Å². The second-order valence-electron chi connectivity index (χ2n) is 13.1. The molecule has 0 spiro atoms. The Morgan fingerprint density at radius 1 is 0.440 bits per heavy atom. The van der Waals surface area contributed by atoms with E-state index in [1.807, 2.05) is 0 Å². The number of hydrogen-bond donors (Lipinski definition) is 6. The van der Waals surface area contributed by atoms with E-state index in [0.717, 1.165) is 0 Å². The third-order valence-electron chi connectivity index (χ3n) is 6.47. The quantitative estimate of drug-likeness (QED) is 0.0363. The minimum absolute atomic E-state index is 0.0101. The Kier molecular flexibility index (Phi) is 28.4. The van der Waals surface area contributed by atoms with Crippen molar-refractivity contribution < 1.29 is 82.8 Å². The summed E-state index contributed by atoms with van der Waals surface area (Å²) in [5.74, 6) is 0. The highest BCUT2D eigenvalue weighted by Crippen LogP contribution is 2.23. The largest absolute Gasteiger partial charge is 0.508 e. The minimum Gasteiger partial charge on any atom is -0.429 e. The lowest BCUT2D eigenvalue weighted by molar-refractivity contribution is -0.131. The Balaban J connectivity index is 5.15. The minimum atomic E-state index is -0.937. The van der Waals surface area contributed by atoms with Crippen LogP contribution in [-0.4, -0.2) is 192 Å². The topological polar surface area (TPSA) is 231 Å². The van der Waals surface area contributed by atoms with Crippen molar-refractivity contribution in [3.63, 3.8) is 0 Å². The van der Waals surface area contributed by atoms with Gasteiger partial charge in [-0.1, -0.05) is 0 Å². The molecule has 0 saturated heterocycles. The van der Waals surface area contributed by atoms with Crippen LogP contribution in [0.1, 0.15) is 41.5 Å². The first-order chi connectivity index (χ1) is 23.7. The van der Waals surface area contributed by atoms with Crippen LogP contribution in [-0.2, 0) is 47.4 Å². The van der Waals surface area contributed by atoms with Gasteiger partial charge in [0.15, 0.2) is 0 Å². The number of ether oxygens (including phenoxy) is 10. The molecule has 6 N–H and O–H groups in total. The molecule has 6 unspecified atom stereocenters.